The highest BCUT2D eigenvalue weighted by Gasteiger charge is 2.41. The third kappa shape index (κ3) is 2.29. The van der Waals surface area contributed by atoms with Crippen molar-refractivity contribution in [1.29, 1.82) is 0 Å². The Labute approximate surface area is 126 Å². The number of aromatic hydroxyl groups is 1. The van der Waals surface area contributed by atoms with Crippen LogP contribution in [0.25, 0.3) is 6.08 Å². The first-order chi connectivity index (χ1) is 9.61. The second kappa shape index (κ2) is 5.10. The van der Waals surface area contributed by atoms with Crippen LogP contribution in [0.5, 0.6) is 11.5 Å². The first-order valence-electron chi connectivity index (χ1n) is 6.25. The van der Waals surface area contributed by atoms with Gasteiger partial charge >= 0.3 is 0 Å². The summed E-state index contributed by atoms with van der Waals surface area (Å²) in [6.45, 7) is 0. The Morgan fingerprint density at radius 1 is 1.50 bits per heavy atom. The zero-order chi connectivity index (χ0) is 14.3. The number of ether oxygens (including phenoxy) is 1. The summed E-state index contributed by atoms with van der Waals surface area (Å²) in [4.78, 5) is 14.5. The van der Waals surface area contributed by atoms with Gasteiger partial charge in [0, 0.05) is 11.6 Å². The maximum atomic E-state index is 12.3. The molecule has 0 bridgehead atoms. The van der Waals surface area contributed by atoms with E-state index < -0.39 is 0 Å². The van der Waals surface area contributed by atoms with E-state index >= 15 is 0 Å². The van der Waals surface area contributed by atoms with Gasteiger partial charge in [0.2, 0.25) is 0 Å². The van der Waals surface area contributed by atoms with Crippen molar-refractivity contribution < 1.29 is 14.6 Å². The fourth-order valence-electron chi connectivity index (χ4n) is 2.09. The number of hydrogen-bond donors (Lipinski definition) is 1. The molecule has 1 saturated carbocycles. The number of amides is 1. The van der Waals surface area contributed by atoms with Crippen LogP contribution < -0.4 is 4.74 Å². The minimum Gasteiger partial charge on any atom is -0.504 e. The van der Waals surface area contributed by atoms with E-state index in [1.807, 2.05) is 0 Å². The molecule has 1 aliphatic heterocycles. The third-order valence-corrected chi connectivity index (χ3v) is 4.60. The Bertz CT molecular complexity index is 623. The smallest absolute Gasteiger partial charge is 0.266 e. The van der Waals surface area contributed by atoms with Crippen LogP contribution in [0.1, 0.15) is 18.4 Å². The molecule has 1 saturated heterocycles. The number of thioether (sulfide) groups is 1. The van der Waals surface area contributed by atoms with E-state index in [0.717, 1.165) is 12.8 Å². The summed E-state index contributed by atoms with van der Waals surface area (Å²) in [5.74, 6) is 0.354. The van der Waals surface area contributed by atoms with Gasteiger partial charge in [0.1, 0.15) is 4.32 Å². The number of hydrogen-bond acceptors (Lipinski definition) is 5. The van der Waals surface area contributed by atoms with Gasteiger partial charge in [-0.1, -0.05) is 36.1 Å². The van der Waals surface area contributed by atoms with Crippen molar-refractivity contribution in [3.63, 3.8) is 0 Å². The molecule has 0 atom stereocenters. The van der Waals surface area contributed by atoms with Crippen molar-refractivity contribution in [2.45, 2.75) is 18.9 Å². The molecule has 1 amide bonds. The molecule has 20 heavy (non-hydrogen) atoms. The van der Waals surface area contributed by atoms with Crippen molar-refractivity contribution in [3.05, 3.63) is 28.7 Å². The van der Waals surface area contributed by atoms with Gasteiger partial charge in [-0.15, -0.1) is 0 Å². The molecule has 1 aromatic carbocycles. The Balaban J connectivity index is 1.93. The molecule has 1 aromatic rings. The Morgan fingerprint density at radius 2 is 2.25 bits per heavy atom. The van der Waals surface area contributed by atoms with Crippen LogP contribution in [0.15, 0.2) is 23.1 Å². The molecular weight excluding hydrogens is 294 g/mol. The lowest BCUT2D eigenvalue weighted by atomic mass is 10.1. The summed E-state index contributed by atoms with van der Waals surface area (Å²) in [5.41, 5.74) is 0.556. The molecule has 2 aliphatic rings. The van der Waals surface area contributed by atoms with Crippen LogP contribution in [-0.2, 0) is 4.79 Å². The average molecular weight is 307 g/mol. The van der Waals surface area contributed by atoms with Crippen LogP contribution in [0.4, 0.5) is 0 Å². The Kier molecular flexibility index (Phi) is 3.43. The zero-order valence-corrected chi connectivity index (χ0v) is 12.5. The molecule has 1 heterocycles. The third-order valence-electron chi connectivity index (χ3n) is 3.27. The lowest BCUT2D eigenvalue weighted by Crippen LogP contribution is -2.30. The number of benzene rings is 1. The zero-order valence-electron chi connectivity index (χ0n) is 10.8. The van der Waals surface area contributed by atoms with Gasteiger partial charge in [0.15, 0.2) is 11.5 Å². The Morgan fingerprint density at radius 3 is 2.90 bits per heavy atom. The molecule has 4 nitrogen and oxygen atoms in total. The first kappa shape index (κ1) is 13.5. The summed E-state index contributed by atoms with van der Waals surface area (Å²) in [6.07, 6.45) is 3.70. The minimum absolute atomic E-state index is 0.0340. The van der Waals surface area contributed by atoms with E-state index in [1.165, 1.54) is 18.9 Å². The van der Waals surface area contributed by atoms with Crippen molar-refractivity contribution in [2.24, 2.45) is 0 Å². The number of carbonyl (C=O) groups excluding carboxylic acids is 1. The SMILES string of the molecule is COc1cccc(/C=C2\SC(=S)N(C3CC3)C2=O)c1O. The number of thiocarbonyl (C=S) groups is 1. The number of phenols is 1. The number of nitrogens with zero attached hydrogens (tertiary/aromatic N) is 1. The second-order valence-corrected chi connectivity index (χ2v) is 6.36. The summed E-state index contributed by atoms with van der Waals surface area (Å²) in [7, 11) is 1.49. The number of methoxy groups -OCH3 is 1. The fraction of sp³-hybridized carbons (Fsp3) is 0.286. The monoisotopic (exact) mass is 307 g/mol. The molecule has 0 aromatic heterocycles. The molecule has 0 spiro atoms. The quantitative estimate of drug-likeness (QED) is 0.687. The van der Waals surface area contributed by atoms with Crippen LogP contribution in [0, 0.1) is 0 Å². The molecule has 1 N–H and O–H groups in total. The van der Waals surface area contributed by atoms with Crippen LogP contribution in [0.3, 0.4) is 0 Å². The Hall–Kier alpha value is -1.53. The highest BCUT2D eigenvalue weighted by molar-refractivity contribution is 8.26. The molecular formula is C14H13NO3S2. The predicted molar refractivity (Wildman–Crippen MR) is 82.7 cm³/mol. The largest absolute Gasteiger partial charge is 0.504 e. The number of rotatable bonds is 3. The number of para-hydroxylation sites is 1. The number of carbonyl (C=O) groups is 1. The lowest BCUT2D eigenvalue weighted by Gasteiger charge is -2.12. The number of phenolic OH excluding ortho intramolecular Hbond substituents is 1. The van der Waals surface area contributed by atoms with Crippen LogP contribution >= 0.6 is 24.0 Å². The fourth-order valence-corrected chi connectivity index (χ4v) is 3.48. The van der Waals surface area contributed by atoms with E-state index in [1.54, 1.807) is 29.2 Å². The van der Waals surface area contributed by atoms with Gasteiger partial charge in [-0.2, -0.15) is 0 Å². The first-order valence-corrected chi connectivity index (χ1v) is 7.47. The molecule has 0 radical (unpaired) electrons. The summed E-state index contributed by atoms with van der Waals surface area (Å²) in [5, 5.41) is 10.1. The minimum atomic E-state index is -0.0651. The molecule has 0 unspecified atom stereocenters. The van der Waals surface area contributed by atoms with Crippen molar-refractivity contribution in [1.82, 2.24) is 4.90 Å². The maximum absolute atomic E-state index is 12.3. The average Bonchev–Trinajstić information content (AvgIpc) is 3.21. The van der Waals surface area contributed by atoms with Crippen molar-refractivity contribution in [3.8, 4) is 11.5 Å². The van der Waals surface area contributed by atoms with E-state index in [4.69, 9.17) is 17.0 Å². The second-order valence-electron chi connectivity index (χ2n) is 4.68. The molecule has 1 aliphatic carbocycles. The van der Waals surface area contributed by atoms with Crippen molar-refractivity contribution >= 4 is 40.3 Å². The van der Waals surface area contributed by atoms with E-state index in [2.05, 4.69) is 0 Å². The predicted octanol–water partition coefficient (Wildman–Crippen LogP) is 2.76. The maximum Gasteiger partial charge on any atom is 0.266 e. The molecule has 3 rings (SSSR count). The normalized spacial score (nSPS) is 20.9. The molecule has 2 fully saturated rings. The summed E-state index contributed by atoms with van der Waals surface area (Å²) < 4.78 is 5.66. The van der Waals surface area contributed by atoms with E-state index in [9.17, 15) is 9.90 Å². The van der Waals surface area contributed by atoms with Gasteiger partial charge < -0.3 is 9.84 Å². The van der Waals surface area contributed by atoms with Crippen LogP contribution in [0.2, 0.25) is 0 Å². The van der Waals surface area contributed by atoms with E-state index in [0.29, 0.717) is 20.5 Å². The summed E-state index contributed by atoms with van der Waals surface area (Å²) >= 11 is 6.53. The lowest BCUT2D eigenvalue weighted by molar-refractivity contribution is -0.122. The van der Waals surface area contributed by atoms with E-state index in [-0.39, 0.29) is 17.7 Å². The van der Waals surface area contributed by atoms with Gasteiger partial charge in [-0.25, -0.2) is 0 Å². The van der Waals surface area contributed by atoms with Gasteiger partial charge in [0.25, 0.3) is 5.91 Å². The van der Waals surface area contributed by atoms with Crippen molar-refractivity contribution in [2.75, 3.05) is 7.11 Å². The standard InChI is InChI=1S/C14H13NO3S2/c1-18-10-4-2-3-8(12(10)16)7-11-13(17)15(9-5-6-9)14(19)20-11/h2-4,7,9,16H,5-6H2,1H3/b11-7-. The molecule has 6 heteroatoms. The molecule has 104 valence electrons. The van der Waals surface area contributed by atoms with Gasteiger partial charge in [-0.05, 0) is 25.0 Å². The highest BCUT2D eigenvalue weighted by atomic mass is 32.2. The highest BCUT2D eigenvalue weighted by Crippen LogP contribution is 2.41. The topological polar surface area (TPSA) is 49.8 Å². The van der Waals surface area contributed by atoms with Gasteiger partial charge in [-0.3, -0.25) is 9.69 Å². The van der Waals surface area contributed by atoms with Gasteiger partial charge in [0.05, 0.1) is 12.0 Å². The van der Waals surface area contributed by atoms with Crippen LogP contribution in [-0.4, -0.2) is 33.4 Å². The summed E-state index contributed by atoms with van der Waals surface area (Å²) in [6, 6.07) is 5.45.